The Morgan fingerprint density at radius 3 is 2.20 bits per heavy atom. The van der Waals surface area contributed by atoms with Gasteiger partial charge in [-0.3, -0.25) is 0 Å². The predicted octanol–water partition coefficient (Wildman–Crippen LogP) is 1.83. The molecule has 0 aromatic heterocycles. The highest BCUT2D eigenvalue weighted by atomic mass is 16.2. The number of hydrogen-bond donors (Lipinski definition) is 1. The van der Waals surface area contributed by atoms with Gasteiger partial charge in [-0.2, -0.15) is 0 Å². The molecule has 0 aliphatic rings. The van der Waals surface area contributed by atoms with Crippen LogP contribution in [0.3, 0.4) is 0 Å². The number of rotatable bonds is 4. The molecule has 0 atom stereocenters. The van der Waals surface area contributed by atoms with Crippen molar-refractivity contribution in [3.63, 3.8) is 0 Å². The first-order chi connectivity index (χ1) is 4.91. The summed E-state index contributed by atoms with van der Waals surface area (Å²) in [7, 11) is 0. The lowest BCUT2D eigenvalue weighted by molar-refractivity contribution is 0.343. The molecule has 1 nitrogen and oxygen atoms in total. The van der Waals surface area contributed by atoms with E-state index in [4.69, 9.17) is 5.11 Å². The molecule has 0 saturated carbocycles. The Hall–Kier alpha value is -1.08. The summed E-state index contributed by atoms with van der Waals surface area (Å²) in [5.41, 5.74) is 0. The Labute approximate surface area is 61.7 Å². The van der Waals surface area contributed by atoms with Crippen molar-refractivity contribution < 1.29 is 5.11 Å². The number of hydrogen-bond acceptors (Lipinski definition) is 1. The van der Waals surface area contributed by atoms with E-state index >= 15 is 0 Å². The fourth-order valence-corrected chi connectivity index (χ4v) is 0.410. The van der Waals surface area contributed by atoms with Crippen LogP contribution >= 0.6 is 0 Å². The van der Waals surface area contributed by atoms with Crippen molar-refractivity contribution in [3.05, 3.63) is 49.1 Å². The molecule has 0 aliphatic heterocycles. The smallest absolute Gasteiger partial charge is 0.0615 e. The van der Waals surface area contributed by atoms with E-state index in [1.165, 1.54) is 0 Å². The minimum Gasteiger partial charge on any atom is -0.392 e. The van der Waals surface area contributed by atoms with Crippen molar-refractivity contribution in [2.75, 3.05) is 6.61 Å². The summed E-state index contributed by atoms with van der Waals surface area (Å²) in [6.45, 7) is 3.61. The van der Waals surface area contributed by atoms with E-state index in [0.29, 0.717) is 0 Å². The maximum absolute atomic E-state index is 8.31. The second-order valence-electron chi connectivity index (χ2n) is 1.62. The van der Waals surface area contributed by atoms with E-state index in [1.54, 1.807) is 18.2 Å². The lowest BCUT2D eigenvalue weighted by Crippen LogP contribution is -1.66. The zero-order chi connectivity index (χ0) is 7.66. The largest absolute Gasteiger partial charge is 0.392 e. The highest BCUT2D eigenvalue weighted by Gasteiger charge is 1.61. The molecule has 0 saturated heterocycles. The molecule has 0 aromatic carbocycles. The van der Waals surface area contributed by atoms with Gasteiger partial charge in [-0.05, 0) is 0 Å². The topological polar surface area (TPSA) is 20.2 Å². The van der Waals surface area contributed by atoms with Gasteiger partial charge in [0.2, 0.25) is 0 Å². The molecule has 0 aliphatic carbocycles. The predicted molar refractivity (Wildman–Crippen MR) is 44.7 cm³/mol. The molecule has 0 unspecified atom stereocenters. The monoisotopic (exact) mass is 136 g/mol. The average Bonchev–Trinajstić information content (AvgIpc) is 1.97. The molecule has 0 rings (SSSR count). The van der Waals surface area contributed by atoms with Crippen molar-refractivity contribution in [1.82, 2.24) is 0 Å². The Bertz CT molecular complexity index is 152. The molecule has 0 heterocycles. The van der Waals surface area contributed by atoms with Crippen molar-refractivity contribution in [3.8, 4) is 0 Å². The van der Waals surface area contributed by atoms with Crippen molar-refractivity contribution >= 4 is 0 Å². The summed E-state index contributed by atoms with van der Waals surface area (Å²) < 4.78 is 0. The minimum absolute atomic E-state index is 0.0928. The van der Waals surface area contributed by atoms with Gasteiger partial charge < -0.3 is 5.11 Å². The van der Waals surface area contributed by atoms with Gasteiger partial charge in [-0.1, -0.05) is 49.1 Å². The number of allylic oxidation sites excluding steroid dienone is 6. The van der Waals surface area contributed by atoms with E-state index in [1.807, 2.05) is 24.3 Å². The molecule has 0 aromatic rings. The Balaban J connectivity index is 3.46. The van der Waals surface area contributed by atoms with Crippen molar-refractivity contribution in [2.24, 2.45) is 0 Å². The van der Waals surface area contributed by atoms with E-state index in [9.17, 15) is 0 Å². The molecule has 0 bridgehead atoms. The maximum Gasteiger partial charge on any atom is 0.0615 e. The fraction of sp³-hybridized carbons (Fsp3) is 0.111. The van der Waals surface area contributed by atoms with Gasteiger partial charge in [0.1, 0.15) is 0 Å². The summed E-state index contributed by atoms with van der Waals surface area (Å²) in [5.74, 6) is 0. The Morgan fingerprint density at radius 2 is 1.60 bits per heavy atom. The van der Waals surface area contributed by atoms with Gasteiger partial charge in [0, 0.05) is 0 Å². The van der Waals surface area contributed by atoms with Crippen LogP contribution in [0.25, 0.3) is 0 Å². The van der Waals surface area contributed by atoms with Crippen LogP contribution in [0.2, 0.25) is 0 Å². The highest BCUT2D eigenvalue weighted by Crippen LogP contribution is 1.79. The highest BCUT2D eigenvalue weighted by molar-refractivity contribution is 5.14. The van der Waals surface area contributed by atoms with Crippen molar-refractivity contribution in [2.45, 2.75) is 0 Å². The van der Waals surface area contributed by atoms with E-state index in [-0.39, 0.29) is 6.61 Å². The molecule has 1 N–H and O–H groups in total. The molecule has 0 spiro atoms. The molecular formula is C9H12O. The Morgan fingerprint density at radius 1 is 1.00 bits per heavy atom. The second kappa shape index (κ2) is 7.92. The molecule has 0 radical (unpaired) electrons. The van der Waals surface area contributed by atoms with Crippen molar-refractivity contribution in [1.29, 1.82) is 0 Å². The molecule has 54 valence electrons. The first-order valence-corrected chi connectivity index (χ1v) is 3.13. The first kappa shape index (κ1) is 8.92. The standard InChI is InChI=1S/C9H12O/c1-2-3-4-5-6-7-8-9-10/h2-8,10H,1,9H2/b4-3+,6-5+,8-7+. The quantitative estimate of drug-likeness (QED) is 0.584. The van der Waals surface area contributed by atoms with Gasteiger partial charge in [0.15, 0.2) is 0 Å². The summed E-state index contributed by atoms with van der Waals surface area (Å²) in [5, 5.41) is 8.31. The maximum atomic E-state index is 8.31. The zero-order valence-electron chi connectivity index (χ0n) is 5.90. The van der Waals surface area contributed by atoms with Gasteiger partial charge >= 0.3 is 0 Å². The molecule has 10 heavy (non-hydrogen) atoms. The molecule has 1 heteroatoms. The minimum atomic E-state index is 0.0928. The van der Waals surface area contributed by atoms with Crippen LogP contribution < -0.4 is 0 Å². The summed E-state index contributed by atoms with van der Waals surface area (Å²) >= 11 is 0. The van der Waals surface area contributed by atoms with Gasteiger partial charge in [-0.25, -0.2) is 0 Å². The van der Waals surface area contributed by atoms with Crippen LogP contribution in [0, 0.1) is 0 Å². The van der Waals surface area contributed by atoms with Gasteiger partial charge in [0.25, 0.3) is 0 Å². The first-order valence-electron chi connectivity index (χ1n) is 3.13. The van der Waals surface area contributed by atoms with Crippen LogP contribution in [-0.4, -0.2) is 11.7 Å². The fourth-order valence-electron chi connectivity index (χ4n) is 0.410. The second-order valence-corrected chi connectivity index (χ2v) is 1.62. The van der Waals surface area contributed by atoms with Crippen LogP contribution in [0.1, 0.15) is 0 Å². The third-order valence-corrected chi connectivity index (χ3v) is 0.822. The van der Waals surface area contributed by atoms with E-state index < -0.39 is 0 Å². The summed E-state index contributed by atoms with van der Waals surface area (Å²) in [6, 6.07) is 0. The third kappa shape index (κ3) is 6.92. The average molecular weight is 136 g/mol. The van der Waals surface area contributed by atoms with Crippen LogP contribution in [-0.2, 0) is 0 Å². The lowest BCUT2D eigenvalue weighted by Gasteiger charge is -1.73. The normalized spacial score (nSPS) is 12.1. The van der Waals surface area contributed by atoms with E-state index in [0.717, 1.165) is 0 Å². The summed E-state index contributed by atoms with van der Waals surface area (Å²) in [4.78, 5) is 0. The zero-order valence-corrected chi connectivity index (χ0v) is 5.90. The number of aliphatic hydroxyl groups is 1. The van der Waals surface area contributed by atoms with Crippen LogP contribution in [0.4, 0.5) is 0 Å². The third-order valence-electron chi connectivity index (χ3n) is 0.822. The Kier molecular flexibility index (Phi) is 7.06. The van der Waals surface area contributed by atoms with Crippen LogP contribution in [0.5, 0.6) is 0 Å². The van der Waals surface area contributed by atoms with E-state index in [2.05, 4.69) is 6.58 Å². The SMILES string of the molecule is C=C/C=C/C=C/C=C/CO. The van der Waals surface area contributed by atoms with Crippen LogP contribution in [0.15, 0.2) is 49.1 Å². The van der Waals surface area contributed by atoms with Gasteiger partial charge in [-0.15, -0.1) is 0 Å². The lowest BCUT2D eigenvalue weighted by atomic mass is 10.4. The van der Waals surface area contributed by atoms with Gasteiger partial charge in [0.05, 0.1) is 6.61 Å². The molecule has 0 amide bonds. The molecule has 0 fully saturated rings. The number of aliphatic hydroxyl groups excluding tert-OH is 1. The molecular weight excluding hydrogens is 124 g/mol. The summed E-state index contributed by atoms with van der Waals surface area (Å²) in [6.07, 6.45) is 12.6.